The number of carboxylic acid groups (broad SMARTS) is 1. The molecular weight excluding hydrogens is 386 g/mol. The lowest BCUT2D eigenvalue weighted by molar-refractivity contribution is -0.255. The molecule has 1 amide bonds. The zero-order chi connectivity index (χ0) is 21.8. The SMILES string of the molecule is CC(C)CC(=O)Nc1ccc(C(=O)Cn2nc(C(=O)[O-])c3ccccc3c2=O)cc1. The van der Waals surface area contributed by atoms with Crippen molar-refractivity contribution in [1.29, 1.82) is 0 Å². The molecule has 0 bridgehead atoms. The third kappa shape index (κ3) is 4.60. The van der Waals surface area contributed by atoms with Gasteiger partial charge in [-0.2, -0.15) is 5.10 Å². The number of amides is 1. The molecule has 3 aromatic rings. The molecule has 0 spiro atoms. The molecule has 0 aliphatic carbocycles. The number of aromatic nitrogens is 2. The Morgan fingerprint density at radius 1 is 1.03 bits per heavy atom. The second-order valence-corrected chi connectivity index (χ2v) is 7.29. The predicted molar refractivity (Wildman–Crippen MR) is 109 cm³/mol. The summed E-state index contributed by atoms with van der Waals surface area (Å²) in [5, 5.41) is 18.3. The number of nitrogens with zero attached hydrogens (tertiary/aromatic N) is 2. The largest absolute Gasteiger partial charge is 0.543 e. The molecule has 3 rings (SSSR count). The molecule has 30 heavy (non-hydrogen) atoms. The van der Waals surface area contributed by atoms with E-state index < -0.39 is 29.6 Å². The van der Waals surface area contributed by atoms with Gasteiger partial charge in [0.2, 0.25) is 5.91 Å². The van der Waals surface area contributed by atoms with Gasteiger partial charge in [-0.3, -0.25) is 14.4 Å². The molecule has 0 saturated heterocycles. The van der Waals surface area contributed by atoms with Gasteiger partial charge in [-0.25, -0.2) is 4.68 Å². The molecule has 0 unspecified atom stereocenters. The van der Waals surface area contributed by atoms with E-state index in [4.69, 9.17) is 0 Å². The summed E-state index contributed by atoms with van der Waals surface area (Å²) in [6, 6.07) is 12.4. The van der Waals surface area contributed by atoms with Crippen molar-refractivity contribution in [2.75, 3.05) is 5.32 Å². The molecule has 0 aliphatic rings. The van der Waals surface area contributed by atoms with Crippen LogP contribution in [-0.4, -0.2) is 27.4 Å². The van der Waals surface area contributed by atoms with Gasteiger partial charge in [0, 0.05) is 23.1 Å². The topological polar surface area (TPSA) is 121 Å². The van der Waals surface area contributed by atoms with Gasteiger partial charge in [0.1, 0.15) is 12.2 Å². The van der Waals surface area contributed by atoms with Crippen molar-refractivity contribution in [2.24, 2.45) is 5.92 Å². The maximum Gasteiger partial charge on any atom is 0.275 e. The minimum atomic E-state index is -1.53. The number of ketones is 1. The van der Waals surface area contributed by atoms with E-state index in [1.807, 2.05) is 13.8 Å². The van der Waals surface area contributed by atoms with Crippen LogP contribution in [0.2, 0.25) is 0 Å². The Morgan fingerprint density at radius 3 is 2.27 bits per heavy atom. The van der Waals surface area contributed by atoms with Gasteiger partial charge in [-0.05, 0) is 36.2 Å². The van der Waals surface area contributed by atoms with Gasteiger partial charge >= 0.3 is 0 Å². The van der Waals surface area contributed by atoms with E-state index in [0.29, 0.717) is 17.7 Å². The number of carbonyl (C=O) groups is 3. The molecule has 0 aliphatic heterocycles. The first-order valence-electron chi connectivity index (χ1n) is 9.40. The number of nitrogens with one attached hydrogen (secondary N) is 1. The number of fused-ring (bicyclic) bond motifs is 1. The van der Waals surface area contributed by atoms with Crippen molar-refractivity contribution in [3.8, 4) is 0 Å². The van der Waals surface area contributed by atoms with E-state index in [0.717, 1.165) is 4.68 Å². The third-order valence-electron chi connectivity index (χ3n) is 4.44. The van der Waals surface area contributed by atoms with E-state index in [2.05, 4.69) is 10.4 Å². The lowest BCUT2D eigenvalue weighted by Gasteiger charge is -2.11. The summed E-state index contributed by atoms with van der Waals surface area (Å²) >= 11 is 0. The number of benzene rings is 2. The van der Waals surface area contributed by atoms with Gasteiger partial charge in [0.05, 0.1) is 11.4 Å². The van der Waals surface area contributed by atoms with Crippen molar-refractivity contribution in [3.63, 3.8) is 0 Å². The Bertz CT molecular complexity index is 1180. The van der Waals surface area contributed by atoms with Crippen molar-refractivity contribution in [1.82, 2.24) is 9.78 Å². The second-order valence-electron chi connectivity index (χ2n) is 7.29. The van der Waals surface area contributed by atoms with Crippen LogP contribution in [0, 0.1) is 5.92 Å². The highest BCUT2D eigenvalue weighted by atomic mass is 16.4. The summed E-state index contributed by atoms with van der Waals surface area (Å²) in [4.78, 5) is 48.5. The van der Waals surface area contributed by atoms with Crippen molar-refractivity contribution in [2.45, 2.75) is 26.8 Å². The molecule has 1 heterocycles. The van der Waals surface area contributed by atoms with Gasteiger partial charge < -0.3 is 15.2 Å². The van der Waals surface area contributed by atoms with Crippen LogP contribution in [0.1, 0.15) is 41.1 Å². The molecule has 0 saturated carbocycles. The molecule has 1 N–H and O–H groups in total. The molecule has 0 fully saturated rings. The Hall–Kier alpha value is -3.81. The Balaban J connectivity index is 1.83. The van der Waals surface area contributed by atoms with Crippen LogP contribution in [-0.2, 0) is 11.3 Å². The van der Waals surface area contributed by atoms with Crippen LogP contribution < -0.4 is 16.0 Å². The van der Waals surface area contributed by atoms with Crippen LogP contribution in [0.3, 0.4) is 0 Å². The fraction of sp³-hybridized carbons (Fsp3) is 0.227. The van der Waals surface area contributed by atoms with Crippen LogP contribution in [0.4, 0.5) is 5.69 Å². The predicted octanol–water partition coefficient (Wildman–Crippen LogP) is 1.63. The van der Waals surface area contributed by atoms with Crippen molar-refractivity contribution >= 4 is 34.1 Å². The van der Waals surface area contributed by atoms with Crippen molar-refractivity contribution < 1.29 is 19.5 Å². The lowest BCUT2D eigenvalue weighted by Crippen LogP contribution is -2.32. The lowest BCUT2D eigenvalue weighted by atomic mass is 10.1. The zero-order valence-electron chi connectivity index (χ0n) is 16.5. The van der Waals surface area contributed by atoms with Crippen LogP contribution in [0.15, 0.2) is 53.3 Å². The Morgan fingerprint density at radius 2 is 1.67 bits per heavy atom. The zero-order valence-corrected chi connectivity index (χ0v) is 16.5. The minimum absolute atomic E-state index is 0.120. The molecular formula is C22H20N3O5-. The van der Waals surface area contributed by atoms with Crippen LogP contribution >= 0.6 is 0 Å². The Kier molecular flexibility index (Phi) is 6.06. The standard InChI is InChI=1S/C22H21N3O5/c1-13(2)11-19(27)23-15-9-7-14(8-10-15)18(26)12-25-21(28)17-6-4-3-5-16(17)20(24-25)22(29)30/h3-10,13H,11-12H2,1-2H3,(H,23,27)(H,29,30)/p-1. The van der Waals surface area contributed by atoms with E-state index in [1.165, 1.54) is 24.3 Å². The summed E-state index contributed by atoms with van der Waals surface area (Å²) in [6.07, 6.45) is 0.387. The van der Waals surface area contributed by atoms with Gasteiger partial charge in [0.15, 0.2) is 5.78 Å². The summed E-state index contributed by atoms with van der Waals surface area (Å²) in [6.45, 7) is 3.45. The van der Waals surface area contributed by atoms with Crippen molar-refractivity contribution in [3.05, 3.63) is 70.1 Å². The number of aromatic carboxylic acids is 1. The molecule has 0 atom stereocenters. The van der Waals surface area contributed by atoms with Gasteiger partial charge in [-0.15, -0.1) is 0 Å². The van der Waals surface area contributed by atoms with Gasteiger partial charge in [-0.1, -0.05) is 32.0 Å². The van der Waals surface area contributed by atoms with E-state index in [-0.39, 0.29) is 22.6 Å². The smallest absolute Gasteiger partial charge is 0.275 e. The average Bonchev–Trinajstić information content (AvgIpc) is 2.69. The average molecular weight is 406 g/mol. The molecule has 1 aromatic heterocycles. The molecule has 8 nitrogen and oxygen atoms in total. The number of hydrogen-bond donors (Lipinski definition) is 1. The number of Topliss-reactive ketones (excluding diaryl/α,β-unsaturated/α-hetero) is 1. The Labute approximate surface area is 172 Å². The van der Waals surface area contributed by atoms with E-state index in [1.54, 1.807) is 24.3 Å². The fourth-order valence-corrected chi connectivity index (χ4v) is 3.04. The monoisotopic (exact) mass is 406 g/mol. The number of carboxylic acids is 1. The summed E-state index contributed by atoms with van der Waals surface area (Å²) in [7, 11) is 0. The van der Waals surface area contributed by atoms with E-state index in [9.17, 15) is 24.3 Å². The van der Waals surface area contributed by atoms with Crippen LogP contribution in [0.25, 0.3) is 10.8 Å². The minimum Gasteiger partial charge on any atom is -0.543 e. The third-order valence-corrected chi connectivity index (χ3v) is 4.44. The maximum atomic E-state index is 12.6. The highest BCUT2D eigenvalue weighted by molar-refractivity contribution is 6.01. The van der Waals surface area contributed by atoms with E-state index >= 15 is 0 Å². The van der Waals surface area contributed by atoms with Gasteiger partial charge in [0.25, 0.3) is 5.56 Å². The quantitative estimate of drug-likeness (QED) is 0.595. The molecule has 0 radical (unpaired) electrons. The first-order valence-corrected chi connectivity index (χ1v) is 9.40. The molecule has 154 valence electrons. The number of anilines is 1. The normalized spacial score (nSPS) is 10.9. The first-order chi connectivity index (χ1) is 14.3. The highest BCUT2D eigenvalue weighted by Gasteiger charge is 2.15. The summed E-state index contributed by atoms with van der Waals surface area (Å²) < 4.78 is 0.828. The summed E-state index contributed by atoms with van der Waals surface area (Å²) in [5.74, 6) is -1.85. The molecule has 2 aromatic carbocycles. The second kappa shape index (κ2) is 8.69. The fourth-order valence-electron chi connectivity index (χ4n) is 3.04. The first kappa shape index (κ1) is 20.9. The number of carbonyl (C=O) groups excluding carboxylic acids is 3. The molecule has 8 heteroatoms. The maximum absolute atomic E-state index is 12.6. The number of rotatable bonds is 7. The van der Waals surface area contributed by atoms with Crippen LogP contribution in [0.5, 0.6) is 0 Å². The summed E-state index contributed by atoms with van der Waals surface area (Å²) in [5.41, 5.74) is -0.117. The highest BCUT2D eigenvalue weighted by Crippen LogP contribution is 2.14. The number of hydrogen-bond acceptors (Lipinski definition) is 6.